The zero-order chi connectivity index (χ0) is 21.7. The Kier molecular flexibility index (Phi) is 7.12. The normalized spacial score (nSPS) is 17.3. The SMILES string of the molecule is CCOC(=O)c1cccc(NC(=O)[C@H]2CCCN(S(=O)(=O)c3ccc(Cl)cc3)C2)c1. The van der Waals surface area contributed by atoms with Crippen molar-refractivity contribution in [3.8, 4) is 0 Å². The molecule has 0 unspecified atom stereocenters. The van der Waals surface area contributed by atoms with Crippen molar-refractivity contribution in [3.63, 3.8) is 0 Å². The van der Waals surface area contributed by atoms with E-state index >= 15 is 0 Å². The maximum Gasteiger partial charge on any atom is 0.338 e. The van der Waals surface area contributed by atoms with Crippen molar-refractivity contribution in [1.82, 2.24) is 4.31 Å². The van der Waals surface area contributed by atoms with Gasteiger partial charge in [0.25, 0.3) is 0 Å². The van der Waals surface area contributed by atoms with E-state index in [0.717, 1.165) is 0 Å². The molecule has 0 bridgehead atoms. The summed E-state index contributed by atoms with van der Waals surface area (Å²) in [6.45, 7) is 2.42. The van der Waals surface area contributed by atoms with E-state index in [1.165, 1.54) is 28.6 Å². The van der Waals surface area contributed by atoms with Crippen molar-refractivity contribution in [2.75, 3.05) is 25.0 Å². The molecule has 1 fully saturated rings. The molecule has 7 nitrogen and oxygen atoms in total. The summed E-state index contributed by atoms with van der Waals surface area (Å²) in [4.78, 5) is 24.8. The van der Waals surface area contributed by atoms with Crippen molar-refractivity contribution in [2.45, 2.75) is 24.7 Å². The van der Waals surface area contributed by atoms with Crippen LogP contribution in [0.1, 0.15) is 30.1 Å². The van der Waals surface area contributed by atoms with Crippen LogP contribution in [-0.4, -0.2) is 44.3 Å². The van der Waals surface area contributed by atoms with Gasteiger partial charge < -0.3 is 10.1 Å². The van der Waals surface area contributed by atoms with Gasteiger partial charge in [-0.05, 0) is 62.2 Å². The van der Waals surface area contributed by atoms with Gasteiger partial charge in [0.2, 0.25) is 15.9 Å². The molecule has 0 aromatic heterocycles. The second-order valence-electron chi connectivity index (χ2n) is 6.95. The van der Waals surface area contributed by atoms with Gasteiger partial charge in [-0.1, -0.05) is 17.7 Å². The minimum absolute atomic E-state index is 0.0916. The van der Waals surface area contributed by atoms with E-state index in [1.807, 2.05) is 0 Å². The fourth-order valence-corrected chi connectivity index (χ4v) is 4.96. The number of amides is 1. The Balaban J connectivity index is 1.69. The van der Waals surface area contributed by atoms with E-state index in [1.54, 1.807) is 31.2 Å². The third-order valence-electron chi connectivity index (χ3n) is 4.85. The Labute approximate surface area is 181 Å². The third kappa shape index (κ3) is 5.19. The van der Waals surface area contributed by atoms with Crippen LogP contribution in [0.4, 0.5) is 5.69 Å². The molecule has 9 heteroatoms. The van der Waals surface area contributed by atoms with Crippen molar-refractivity contribution >= 4 is 39.2 Å². The van der Waals surface area contributed by atoms with Gasteiger partial charge in [-0.15, -0.1) is 0 Å². The van der Waals surface area contributed by atoms with Crippen LogP contribution in [0.2, 0.25) is 5.02 Å². The number of carbonyl (C=O) groups is 2. The number of sulfonamides is 1. The highest BCUT2D eigenvalue weighted by molar-refractivity contribution is 7.89. The predicted octanol–water partition coefficient (Wildman–Crippen LogP) is 3.56. The number of anilines is 1. The van der Waals surface area contributed by atoms with Gasteiger partial charge in [-0.2, -0.15) is 4.31 Å². The number of hydrogen-bond donors (Lipinski definition) is 1. The van der Waals surface area contributed by atoms with Crippen LogP contribution in [-0.2, 0) is 19.6 Å². The van der Waals surface area contributed by atoms with Crippen LogP contribution in [0, 0.1) is 5.92 Å². The molecule has 30 heavy (non-hydrogen) atoms. The number of ether oxygens (including phenoxy) is 1. The lowest BCUT2D eigenvalue weighted by atomic mass is 9.98. The summed E-state index contributed by atoms with van der Waals surface area (Å²) in [6, 6.07) is 12.4. The zero-order valence-electron chi connectivity index (χ0n) is 16.5. The first kappa shape index (κ1) is 22.3. The van der Waals surface area contributed by atoms with E-state index in [9.17, 15) is 18.0 Å². The Hall–Kier alpha value is -2.42. The average Bonchev–Trinajstić information content (AvgIpc) is 2.74. The first-order chi connectivity index (χ1) is 14.3. The van der Waals surface area contributed by atoms with E-state index in [4.69, 9.17) is 16.3 Å². The number of esters is 1. The predicted molar refractivity (Wildman–Crippen MR) is 114 cm³/mol. The number of benzene rings is 2. The molecule has 0 saturated carbocycles. The summed E-state index contributed by atoms with van der Waals surface area (Å²) in [5.74, 6) is -1.24. The zero-order valence-corrected chi connectivity index (χ0v) is 18.1. The van der Waals surface area contributed by atoms with E-state index in [0.29, 0.717) is 35.7 Å². The third-order valence-corrected chi connectivity index (χ3v) is 6.98. The molecule has 0 spiro atoms. The first-order valence-corrected chi connectivity index (χ1v) is 11.5. The fraction of sp³-hybridized carbons (Fsp3) is 0.333. The topological polar surface area (TPSA) is 92.8 Å². The quantitative estimate of drug-likeness (QED) is 0.679. The Morgan fingerprint density at radius 2 is 1.93 bits per heavy atom. The molecule has 0 aliphatic carbocycles. The second kappa shape index (κ2) is 9.59. The summed E-state index contributed by atoms with van der Waals surface area (Å²) < 4.78 is 32.1. The second-order valence-corrected chi connectivity index (χ2v) is 9.32. The number of rotatable bonds is 6. The molecule has 1 N–H and O–H groups in total. The number of carbonyl (C=O) groups excluding carboxylic acids is 2. The summed E-state index contributed by atoms with van der Waals surface area (Å²) in [7, 11) is -3.71. The van der Waals surface area contributed by atoms with E-state index in [-0.39, 0.29) is 24.0 Å². The fourth-order valence-electron chi connectivity index (χ4n) is 3.31. The van der Waals surface area contributed by atoms with Crippen molar-refractivity contribution in [3.05, 3.63) is 59.1 Å². The molecule has 160 valence electrons. The minimum Gasteiger partial charge on any atom is -0.462 e. The van der Waals surface area contributed by atoms with Crippen LogP contribution >= 0.6 is 11.6 Å². The summed E-state index contributed by atoms with van der Waals surface area (Å²) in [6.07, 6.45) is 1.16. The number of piperidine rings is 1. The molecule has 1 heterocycles. The summed E-state index contributed by atoms with van der Waals surface area (Å²) in [5, 5.41) is 3.24. The van der Waals surface area contributed by atoms with Gasteiger partial charge in [-0.3, -0.25) is 4.79 Å². The molecule has 3 rings (SSSR count). The molecule has 1 atom stereocenters. The lowest BCUT2D eigenvalue weighted by Gasteiger charge is -2.31. The summed E-state index contributed by atoms with van der Waals surface area (Å²) >= 11 is 5.85. The molecule has 1 saturated heterocycles. The average molecular weight is 451 g/mol. The molecular formula is C21H23ClN2O5S. The molecule has 0 radical (unpaired) electrons. The Bertz CT molecular complexity index is 1020. The Morgan fingerprint density at radius 1 is 1.20 bits per heavy atom. The van der Waals surface area contributed by atoms with E-state index in [2.05, 4.69) is 5.32 Å². The maximum absolute atomic E-state index is 12.9. The molecule has 1 aliphatic heterocycles. The maximum atomic E-state index is 12.9. The monoisotopic (exact) mass is 450 g/mol. The summed E-state index contributed by atoms with van der Waals surface area (Å²) in [5.41, 5.74) is 0.800. The molecule has 1 amide bonds. The van der Waals surface area contributed by atoms with Gasteiger partial charge in [-0.25, -0.2) is 13.2 Å². The largest absolute Gasteiger partial charge is 0.462 e. The Morgan fingerprint density at radius 3 is 2.63 bits per heavy atom. The number of hydrogen-bond acceptors (Lipinski definition) is 5. The van der Waals surface area contributed by atoms with Gasteiger partial charge in [0.15, 0.2) is 0 Å². The standard InChI is InChI=1S/C21H23ClN2O5S/c1-2-29-21(26)15-5-3-7-18(13-15)23-20(25)16-6-4-12-24(14-16)30(27,28)19-10-8-17(22)9-11-19/h3,5,7-11,13,16H,2,4,6,12,14H2,1H3,(H,23,25)/t16-/m0/s1. The molecule has 2 aromatic rings. The van der Waals surface area contributed by atoms with E-state index < -0.39 is 21.9 Å². The van der Waals surface area contributed by atoms with Gasteiger partial charge in [0.05, 0.1) is 23.0 Å². The van der Waals surface area contributed by atoms with Crippen molar-refractivity contribution in [1.29, 1.82) is 0 Å². The van der Waals surface area contributed by atoms with Gasteiger partial charge in [0, 0.05) is 23.8 Å². The molecule has 2 aromatic carbocycles. The highest BCUT2D eigenvalue weighted by atomic mass is 35.5. The number of halogens is 1. The van der Waals surface area contributed by atoms with Crippen LogP contribution in [0.25, 0.3) is 0 Å². The first-order valence-electron chi connectivity index (χ1n) is 9.65. The highest BCUT2D eigenvalue weighted by Crippen LogP contribution is 2.26. The highest BCUT2D eigenvalue weighted by Gasteiger charge is 2.33. The van der Waals surface area contributed by atoms with Crippen molar-refractivity contribution in [2.24, 2.45) is 5.92 Å². The van der Waals surface area contributed by atoms with Gasteiger partial charge >= 0.3 is 5.97 Å². The van der Waals surface area contributed by atoms with Crippen LogP contribution in [0.15, 0.2) is 53.4 Å². The van der Waals surface area contributed by atoms with Crippen LogP contribution in [0.5, 0.6) is 0 Å². The molecule has 1 aliphatic rings. The van der Waals surface area contributed by atoms with Crippen molar-refractivity contribution < 1.29 is 22.7 Å². The smallest absolute Gasteiger partial charge is 0.338 e. The van der Waals surface area contributed by atoms with Crippen LogP contribution in [0.3, 0.4) is 0 Å². The number of nitrogens with zero attached hydrogens (tertiary/aromatic N) is 1. The minimum atomic E-state index is -3.71. The lowest BCUT2D eigenvalue weighted by molar-refractivity contribution is -0.120. The molecular weight excluding hydrogens is 428 g/mol. The number of nitrogens with one attached hydrogen (secondary N) is 1. The van der Waals surface area contributed by atoms with Crippen LogP contribution < -0.4 is 5.32 Å². The van der Waals surface area contributed by atoms with Gasteiger partial charge in [0.1, 0.15) is 0 Å². The lowest BCUT2D eigenvalue weighted by Crippen LogP contribution is -2.43.